The van der Waals surface area contributed by atoms with Crippen molar-refractivity contribution in [2.24, 2.45) is 5.41 Å². The van der Waals surface area contributed by atoms with E-state index in [1.54, 1.807) is 0 Å². The highest BCUT2D eigenvalue weighted by molar-refractivity contribution is 6.99. The normalized spacial score (nSPS) is 21.6. The molecule has 0 amide bonds. The second-order valence-electron chi connectivity index (χ2n) is 10.8. The van der Waals surface area contributed by atoms with Gasteiger partial charge >= 0.3 is 0 Å². The zero-order valence-corrected chi connectivity index (χ0v) is 21.4. The highest BCUT2D eigenvalue weighted by atomic mass is 28.4. The molecule has 1 unspecified atom stereocenters. The lowest BCUT2D eigenvalue weighted by Gasteiger charge is -2.47. The minimum absolute atomic E-state index is 0.142. The van der Waals surface area contributed by atoms with Crippen LogP contribution < -0.4 is 10.4 Å². The molecule has 1 aliphatic rings. The summed E-state index contributed by atoms with van der Waals surface area (Å²) in [6.45, 7) is 11.8. The summed E-state index contributed by atoms with van der Waals surface area (Å²) < 4.78 is 13.7. The SMILES string of the molecule is CC1(C)CO[C@@H](C(O)c2ccccc2)[C@@H]1O[Si](c1ccccc1)(c1ccccc1)C(C)(C)C. The van der Waals surface area contributed by atoms with Crippen molar-refractivity contribution in [1.29, 1.82) is 0 Å². The van der Waals surface area contributed by atoms with E-state index in [-0.39, 0.29) is 16.6 Å². The molecule has 3 aromatic carbocycles. The molecule has 0 saturated carbocycles. The van der Waals surface area contributed by atoms with Crippen molar-refractivity contribution < 1.29 is 14.3 Å². The van der Waals surface area contributed by atoms with Crippen molar-refractivity contribution in [3.63, 3.8) is 0 Å². The van der Waals surface area contributed by atoms with E-state index >= 15 is 0 Å². The molecule has 4 rings (SSSR count). The van der Waals surface area contributed by atoms with Crippen molar-refractivity contribution in [3.8, 4) is 0 Å². The largest absolute Gasteiger partial charge is 0.401 e. The van der Waals surface area contributed by atoms with Gasteiger partial charge in [0.25, 0.3) is 8.32 Å². The Morgan fingerprint density at radius 3 is 1.76 bits per heavy atom. The molecule has 0 radical (unpaired) electrons. The first-order valence-corrected chi connectivity index (χ1v) is 13.7. The predicted molar refractivity (Wildman–Crippen MR) is 137 cm³/mol. The lowest BCUT2D eigenvalue weighted by Crippen LogP contribution is -2.69. The van der Waals surface area contributed by atoms with E-state index in [9.17, 15) is 5.11 Å². The molecule has 4 heteroatoms. The number of hydrogen-bond acceptors (Lipinski definition) is 3. The van der Waals surface area contributed by atoms with E-state index in [0.717, 1.165) is 5.56 Å². The first-order valence-electron chi connectivity index (χ1n) is 11.8. The molecular weight excluding hydrogens is 424 g/mol. The molecule has 1 N–H and O–H groups in total. The van der Waals surface area contributed by atoms with Crippen LogP contribution in [-0.4, -0.2) is 32.2 Å². The quantitative estimate of drug-likeness (QED) is 0.521. The van der Waals surface area contributed by atoms with Gasteiger partial charge in [0.05, 0.1) is 12.7 Å². The van der Waals surface area contributed by atoms with Crippen LogP contribution in [0.3, 0.4) is 0 Å². The van der Waals surface area contributed by atoms with Crippen LogP contribution in [0.2, 0.25) is 5.04 Å². The molecule has 3 nitrogen and oxygen atoms in total. The monoisotopic (exact) mass is 460 g/mol. The smallest absolute Gasteiger partial charge is 0.261 e. The Hall–Kier alpha value is -2.24. The van der Waals surface area contributed by atoms with Crippen molar-refractivity contribution in [2.75, 3.05) is 6.61 Å². The minimum Gasteiger partial charge on any atom is -0.401 e. The molecule has 33 heavy (non-hydrogen) atoms. The Morgan fingerprint density at radius 2 is 1.30 bits per heavy atom. The van der Waals surface area contributed by atoms with Crippen LogP contribution in [0, 0.1) is 5.41 Å². The summed E-state index contributed by atoms with van der Waals surface area (Å²) in [4.78, 5) is 0. The zero-order chi connectivity index (χ0) is 23.7. The number of rotatable bonds is 6. The highest BCUT2D eigenvalue weighted by Gasteiger charge is 2.57. The fourth-order valence-corrected chi connectivity index (χ4v) is 9.98. The van der Waals surface area contributed by atoms with Gasteiger partial charge in [0.15, 0.2) is 0 Å². The standard InChI is InChI=1S/C29H36O3Si/c1-28(2,3)33(23-17-11-7-12-18-23,24-19-13-8-14-20-24)32-27-26(31-21-29(27,4)5)25(30)22-15-9-6-10-16-22/h6-20,25-27,30H,21H2,1-5H3/t25?,26-,27-/m0/s1. The molecule has 1 aliphatic heterocycles. The average Bonchev–Trinajstić information content (AvgIpc) is 3.11. The van der Waals surface area contributed by atoms with E-state index in [4.69, 9.17) is 9.16 Å². The average molecular weight is 461 g/mol. The van der Waals surface area contributed by atoms with Gasteiger partial charge in [-0.25, -0.2) is 0 Å². The van der Waals surface area contributed by atoms with Gasteiger partial charge < -0.3 is 14.3 Å². The van der Waals surface area contributed by atoms with Crippen molar-refractivity contribution in [1.82, 2.24) is 0 Å². The van der Waals surface area contributed by atoms with Crippen LogP contribution in [0.15, 0.2) is 91.0 Å². The van der Waals surface area contributed by atoms with Crippen molar-refractivity contribution in [2.45, 2.75) is 58.0 Å². The molecule has 174 valence electrons. The summed E-state index contributed by atoms with van der Waals surface area (Å²) in [6.07, 6.45) is -1.46. The van der Waals surface area contributed by atoms with Crippen molar-refractivity contribution >= 4 is 18.7 Å². The third-order valence-electron chi connectivity index (χ3n) is 6.89. The third kappa shape index (κ3) is 4.45. The predicted octanol–water partition coefficient (Wildman–Crippen LogP) is 5.09. The van der Waals surface area contributed by atoms with E-state index in [2.05, 4.69) is 95.3 Å². The van der Waals surface area contributed by atoms with E-state index in [1.807, 2.05) is 30.3 Å². The number of aliphatic hydroxyl groups excluding tert-OH is 1. The van der Waals surface area contributed by atoms with E-state index in [1.165, 1.54) is 10.4 Å². The van der Waals surface area contributed by atoms with Gasteiger partial charge in [-0.2, -0.15) is 0 Å². The second-order valence-corrected chi connectivity index (χ2v) is 15.1. The van der Waals surface area contributed by atoms with Crippen LogP contribution >= 0.6 is 0 Å². The molecule has 0 spiro atoms. The number of aliphatic hydroxyl groups is 1. The molecule has 3 aromatic rings. The maximum atomic E-state index is 11.4. The first kappa shape index (κ1) is 23.9. The van der Waals surface area contributed by atoms with Gasteiger partial charge in [0.1, 0.15) is 12.2 Å². The lowest BCUT2D eigenvalue weighted by atomic mass is 9.85. The first-order chi connectivity index (χ1) is 15.7. The van der Waals surface area contributed by atoms with Gasteiger partial charge in [0, 0.05) is 5.41 Å². The fourth-order valence-electron chi connectivity index (χ4n) is 5.13. The summed E-state index contributed by atoms with van der Waals surface area (Å²) in [5.41, 5.74) is 0.615. The van der Waals surface area contributed by atoms with Crippen LogP contribution in [-0.2, 0) is 9.16 Å². The Balaban J connectivity index is 1.85. The van der Waals surface area contributed by atoms with Gasteiger partial charge in [-0.15, -0.1) is 0 Å². The molecular formula is C29H36O3Si. The Kier molecular flexibility index (Phi) is 6.65. The highest BCUT2D eigenvalue weighted by Crippen LogP contribution is 2.45. The van der Waals surface area contributed by atoms with E-state index in [0.29, 0.717) is 6.61 Å². The Labute approximate surface area is 199 Å². The van der Waals surface area contributed by atoms with E-state index < -0.39 is 20.5 Å². The summed E-state index contributed by atoms with van der Waals surface area (Å²) >= 11 is 0. The maximum Gasteiger partial charge on any atom is 0.261 e. The zero-order valence-electron chi connectivity index (χ0n) is 20.4. The molecule has 0 aromatic heterocycles. The second kappa shape index (κ2) is 9.19. The molecule has 0 bridgehead atoms. The van der Waals surface area contributed by atoms with Gasteiger partial charge in [0.2, 0.25) is 0 Å². The summed E-state index contributed by atoms with van der Waals surface area (Å²) in [6, 6.07) is 31.1. The lowest BCUT2D eigenvalue weighted by molar-refractivity contribution is -0.0455. The van der Waals surface area contributed by atoms with Gasteiger partial charge in [-0.3, -0.25) is 0 Å². The molecule has 1 fully saturated rings. The van der Waals surface area contributed by atoms with Crippen LogP contribution in [0.5, 0.6) is 0 Å². The van der Waals surface area contributed by atoms with Crippen LogP contribution in [0.1, 0.15) is 46.3 Å². The van der Waals surface area contributed by atoms with Crippen LogP contribution in [0.25, 0.3) is 0 Å². The topological polar surface area (TPSA) is 38.7 Å². The maximum absolute atomic E-state index is 11.4. The fraction of sp³-hybridized carbons (Fsp3) is 0.379. The number of hydrogen-bond donors (Lipinski definition) is 1. The summed E-state index contributed by atoms with van der Waals surface area (Å²) in [5, 5.41) is 13.7. The molecule has 0 aliphatic carbocycles. The summed E-state index contributed by atoms with van der Waals surface area (Å²) in [7, 11) is -2.78. The van der Waals surface area contributed by atoms with Crippen molar-refractivity contribution in [3.05, 3.63) is 96.6 Å². The minimum atomic E-state index is -2.78. The number of ether oxygens (including phenoxy) is 1. The molecule has 1 saturated heterocycles. The van der Waals surface area contributed by atoms with Gasteiger partial charge in [-0.05, 0) is 21.0 Å². The van der Waals surface area contributed by atoms with Gasteiger partial charge in [-0.1, -0.05) is 126 Å². The Morgan fingerprint density at radius 1 is 0.848 bits per heavy atom. The Bertz CT molecular complexity index is 989. The molecule has 1 heterocycles. The summed E-state index contributed by atoms with van der Waals surface area (Å²) in [5.74, 6) is 0. The van der Waals surface area contributed by atoms with Crippen LogP contribution in [0.4, 0.5) is 0 Å². The third-order valence-corrected chi connectivity index (χ3v) is 11.9. The molecule has 3 atom stereocenters. The number of benzene rings is 3.